The first-order valence-corrected chi connectivity index (χ1v) is 18.2. The number of allylic oxidation sites excluding steroid dienone is 2. The SMILES string of the molecule is CN(C)c1ccc(N=Nc2ccc(N3C(=O)C4CC=C5C(CC6C(=O)N(c7ccc(F)c(Cl)c7)C(=O)[C@@]6(C)C5c5cc(Cl)ccc5O)C4C3=O)cc2)cc1. The number of carbonyl (C=O) groups excluding carboxylic acids is 4. The number of phenolic OH excluding ortho intramolecular Hbond substituents is 1. The quantitative estimate of drug-likeness (QED) is 0.119. The Labute approximate surface area is 320 Å². The maximum atomic E-state index is 14.6. The molecule has 13 heteroatoms. The van der Waals surface area contributed by atoms with Crippen molar-refractivity contribution in [3.8, 4) is 5.75 Å². The molecule has 2 aliphatic carbocycles. The summed E-state index contributed by atoms with van der Waals surface area (Å²) in [5.74, 6) is -6.67. The standard InChI is InChI=1S/C41H34Cl2FN5O5/c1-41-31(38(52)49(40(41)54)26-13-16-33(44)32(43)19-26)20-29-27(36(41)30-18-21(42)4-17-34(30)50)14-15-28-35(29)39(53)48(37(28)51)25-11-7-23(8-12-25)46-45-22-5-9-24(10-6-22)47(2)3/h4-14,16-19,28-29,31,35-36,50H,15,20H2,1-3H3/t28?,29?,31?,35?,36?,41-/m1/s1. The minimum absolute atomic E-state index is 0.0963. The summed E-state index contributed by atoms with van der Waals surface area (Å²) in [4.78, 5) is 61.7. The monoisotopic (exact) mass is 765 g/mol. The minimum Gasteiger partial charge on any atom is -0.508 e. The van der Waals surface area contributed by atoms with Crippen LogP contribution in [0.4, 0.5) is 32.8 Å². The van der Waals surface area contributed by atoms with Gasteiger partial charge in [0, 0.05) is 36.3 Å². The Hall–Kier alpha value is -5.39. The number of carbonyl (C=O) groups is 4. The first-order valence-electron chi connectivity index (χ1n) is 17.5. The molecule has 4 amide bonds. The number of nitrogens with zero attached hydrogens (tertiary/aromatic N) is 5. The van der Waals surface area contributed by atoms with Crippen LogP contribution in [0.15, 0.2) is 107 Å². The van der Waals surface area contributed by atoms with Crippen LogP contribution in [-0.4, -0.2) is 42.8 Å². The van der Waals surface area contributed by atoms with Gasteiger partial charge in [-0.05, 0) is 111 Å². The Morgan fingerprint density at radius 1 is 0.796 bits per heavy atom. The van der Waals surface area contributed by atoms with Gasteiger partial charge in [-0.15, -0.1) is 0 Å². The van der Waals surface area contributed by atoms with Crippen molar-refractivity contribution < 1.29 is 28.7 Å². The molecule has 6 atom stereocenters. The van der Waals surface area contributed by atoms with E-state index in [9.17, 15) is 28.7 Å². The van der Waals surface area contributed by atoms with Crippen molar-refractivity contribution in [2.75, 3.05) is 28.8 Å². The first kappa shape index (κ1) is 35.6. The Morgan fingerprint density at radius 3 is 2.09 bits per heavy atom. The van der Waals surface area contributed by atoms with E-state index >= 15 is 0 Å². The molecule has 8 rings (SSSR count). The summed E-state index contributed by atoms with van der Waals surface area (Å²) in [7, 11) is 3.90. The van der Waals surface area contributed by atoms with Gasteiger partial charge in [0.1, 0.15) is 11.6 Å². The van der Waals surface area contributed by atoms with Crippen LogP contribution in [0.5, 0.6) is 5.75 Å². The van der Waals surface area contributed by atoms with Crippen molar-refractivity contribution in [2.24, 2.45) is 39.3 Å². The summed E-state index contributed by atoms with van der Waals surface area (Å²) in [6, 6.07) is 22.4. The fraction of sp³-hybridized carbons (Fsp3) is 0.268. The first-order chi connectivity index (χ1) is 25.8. The highest BCUT2D eigenvalue weighted by atomic mass is 35.5. The maximum Gasteiger partial charge on any atom is 0.241 e. The lowest BCUT2D eigenvalue weighted by Crippen LogP contribution is -2.48. The van der Waals surface area contributed by atoms with Gasteiger partial charge in [0.25, 0.3) is 0 Å². The number of amides is 4. The highest BCUT2D eigenvalue weighted by molar-refractivity contribution is 6.32. The molecule has 0 radical (unpaired) electrons. The summed E-state index contributed by atoms with van der Waals surface area (Å²) < 4.78 is 14.2. The molecule has 3 fully saturated rings. The van der Waals surface area contributed by atoms with Crippen molar-refractivity contribution >= 4 is 75.3 Å². The second kappa shape index (κ2) is 13.2. The zero-order valence-corrected chi connectivity index (χ0v) is 30.9. The number of azo groups is 1. The van der Waals surface area contributed by atoms with Crippen LogP contribution in [0.25, 0.3) is 0 Å². The van der Waals surface area contributed by atoms with E-state index in [4.69, 9.17) is 23.2 Å². The lowest BCUT2D eigenvalue weighted by molar-refractivity contribution is -0.131. The van der Waals surface area contributed by atoms with Crippen molar-refractivity contribution in [1.82, 2.24) is 0 Å². The summed E-state index contributed by atoms with van der Waals surface area (Å²) in [5, 5.41) is 19.9. The predicted molar refractivity (Wildman–Crippen MR) is 203 cm³/mol. The third kappa shape index (κ3) is 5.51. The van der Waals surface area contributed by atoms with Gasteiger partial charge in [-0.25, -0.2) is 9.29 Å². The molecule has 0 spiro atoms. The second-order valence-corrected chi connectivity index (χ2v) is 15.4. The number of fused-ring (bicyclic) bond motifs is 4. The summed E-state index contributed by atoms with van der Waals surface area (Å²) >= 11 is 12.5. The number of anilines is 3. The highest BCUT2D eigenvalue weighted by Gasteiger charge is 2.68. The summed E-state index contributed by atoms with van der Waals surface area (Å²) in [5.41, 5.74) is 2.30. The third-order valence-electron chi connectivity index (χ3n) is 11.5. The molecule has 1 saturated carbocycles. The fourth-order valence-corrected chi connectivity index (χ4v) is 9.20. The molecule has 5 unspecified atom stereocenters. The van der Waals surface area contributed by atoms with E-state index in [0.717, 1.165) is 16.7 Å². The minimum atomic E-state index is -1.43. The van der Waals surface area contributed by atoms with Crippen LogP contribution in [0.3, 0.4) is 0 Å². The number of benzene rings is 4. The summed E-state index contributed by atoms with van der Waals surface area (Å²) in [6.07, 6.45) is 2.20. The Morgan fingerprint density at radius 2 is 1.44 bits per heavy atom. The molecule has 2 saturated heterocycles. The lowest BCUT2D eigenvalue weighted by atomic mass is 9.51. The van der Waals surface area contributed by atoms with Gasteiger partial charge in [-0.3, -0.25) is 24.1 Å². The van der Waals surface area contributed by atoms with E-state index in [0.29, 0.717) is 33.2 Å². The number of phenols is 1. The normalized spacial score (nSPS) is 26.3. The fourth-order valence-electron chi connectivity index (χ4n) is 8.84. The average Bonchev–Trinajstić information content (AvgIpc) is 3.52. The molecule has 0 aromatic heterocycles. The van der Waals surface area contributed by atoms with E-state index in [2.05, 4.69) is 10.2 Å². The topological polar surface area (TPSA) is 123 Å². The van der Waals surface area contributed by atoms with Crippen molar-refractivity contribution in [3.63, 3.8) is 0 Å². The average molecular weight is 767 g/mol. The van der Waals surface area contributed by atoms with E-state index < -0.39 is 58.5 Å². The van der Waals surface area contributed by atoms with E-state index in [1.165, 1.54) is 29.2 Å². The third-order valence-corrected chi connectivity index (χ3v) is 12.0. The molecule has 0 bridgehead atoms. The summed E-state index contributed by atoms with van der Waals surface area (Å²) in [6.45, 7) is 1.68. The van der Waals surface area contributed by atoms with E-state index in [1.807, 2.05) is 49.3 Å². The number of halogens is 3. The molecule has 2 aliphatic heterocycles. The molecular formula is C41H34Cl2FN5O5. The van der Waals surface area contributed by atoms with Crippen molar-refractivity contribution in [2.45, 2.75) is 25.7 Å². The van der Waals surface area contributed by atoms with Gasteiger partial charge < -0.3 is 10.0 Å². The molecule has 274 valence electrons. The van der Waals surface area contributed by atoms with Crippen LogP contribution in [0.2, 0.25) is 10.0 Å². The van der Waals surface area contributed by atoms with Gasteiger partial charge in [-0.2, -0.15) is 10.2 Å². The number of aromatic hydroxyl groups is 1. The van der Waals surface area contributed by atoms with Crippen LogP contribution in [0.1, 0.15) is 31.2 Å². The van der Waals surface area contributed by atoms with E-state index in [-0.39, 0.29) is 35.2 Å². The lowest BCUT2D eigenvalue weighted by Gasteiger charge is -2.49. The Bertz CT molecular complexity index is 2310. The number of rotatable bonds is 6. The van der Waals surface area contributed by atoms with Crippen molar-refractivity contribution in [1.29, 1.82) is 0 Å². The van der Waals surface area contributed by atoms with Gasteiger partial charge in [-0.1, -0.05) is 34.9 Å². The molecule has 10 nitrogen and oxygen atoms in total. The van der Waals surface area contributed by atoms with Gasteiger partial charge in [0.05, 0.1) is 50.9 Å². The molecule has 4 aromatic rings. The van der Waals surface area contributed by atoms with Crippen LogP contribution >= 0.6 is 23.2 Å². The Balaban J connectivity index is 1.14. The largest absolute Gasteiger partial charge is 0.508 e. The maximum absolute atomic E-state index is 14.6. The molecule has 4 aliphatic rings. The van der Waals surface area contributed by atoms with E-state index in [1.54, 1.807) is 37.3 Å². The van der Waals surface area contributed by atoms with Crippen molar-refractivity contribution in [3.05, 3.63) is 118 Å². The molecule has 4 aromatic carbocycles. The molecule has 54 heavy (non-hydrogen) atoms. The van der Waals surface area contributed by atoms with Crippen LogP contribution in [-0.2, 0) is 19.2 Å². The molecular weight excluding hydrogens is 732 g/mol. The predicted octanol–water partition coefficient (Wildman–Crippen LogP) is 8.75. The smallest absolute Gasteiger partial charge is 0.241 e. The number of hydrogen-bond acceptors (Lipinski definition) is 8. The van der Waals surface area contributed by atoms with Gasteiger partial charge in [0.2, 0.25) is 23.6 Å². The van der Waals surface area contributed by atoms with Crippen LogP contribution in [0, 0.1) is 34.9 Å². The van der Waals surface area contributed by atoms with Gasteiger partial charge >= 0.3 is 0 Å². The molecule has 2 heterocycles. The molecule has 1 N–H and O–H groups in total. The zero-order valence-electron chi connectivity index (χ0n) is 29.4. The number of hydrogen-bond donors (Lipinski definition) is 1. The Kier molecular flexibility index (Phi) is 8.69. The second-order valence-electron chi connectivity index (χ2n) is 14.6. The van der Waals surface area contributed by atoms with Gasteiger partial charge in [0.15, 0.2) is 0 Å². The highest BCUT2D eigenvalue weighted by Crippen LogP contribution is 2.64. The number of imide groups is 2. The zero-order chi connectivity index (χ0) is 38.2. The van der Waals surface area contributed by atoms with Crippen LogP contribution < -0.4 is 14.7 Å².